The molecule has 2 aromatic rings. The third kappa shape index (κ3) is 11.5. The molecule has 0 unspecified atom stereocenters. The number of ether oxygens (including phenoxy) is 1. The fraction of sp³-hybridized carbons (Fsp3) is 0.440. The molecule has 0 atom stereocenters. The second-order valence-corrected chi connectivity index (χ2v) is 7.89. The number of halogens is 2. The summed E-state index contributed by atoms with van der Waals surface area (Å²) in [6, 6.07) is 12.6. The summed E-state index contributed by atoms with van der Waals surface area (Å²) in [5.41, 5.74) is 1.13. The van der Waals surface area contributed by atoms with Crippen LogP contribution in [0.3, 0.4) is 0 Å². The monoisotopic (exact) mass is 451 g/mol. The van der Waals surface area contributed by atoms with Gasteiger partial charge in [-0.3, -0.25) is 4.90 Å². The van der Waals surface area contributed by atoms with E-state index in [0.717, 1.165) is 50.4 Å². The summed E-state index contributed by atoms with van der Waals surface area (Å²) in [4.78, 5) is 2.46. The molecule has 0 aliphatic heterocycles. The van der Waals surface area contributed by atoms with E-state index in [2.05, 4.69) is 37.8 Å². The molecule has 166 valence electrons. The molecule has 2 rings (SSSR count). The van der Waals surface area contributed by atoms with Crippen LogP contribution in [0.4, 0.5) is 0 Å². The SMILES string of the molecule is CCCCOc1ccc(Cl)c(Cl)c1.CCCN(C/C=C/c1ccc(O)cc1)CCC. The lowest BCUT2D eigenvalue weighted by Gasteiger charge is -2.18. The highest BCUT2D eigenvalue weighted by Gasteiger charge is 2.00. The van der Waals surface area contributed by atoms with Gasteiger partial charge in [0.2, 0.25) is 0 Å². The Morgan fingerprint density at radius 1 is 0.900 bits per heavy atom. The zero-order chi connectivity index (χ0) is 22.2. The van der Waals surface area contributed by atoms with Crippen molar-refractivity contribution in [1.29, 1.82) is 0 Å². The number of phenolic OH excluding ortho intramolecular Hbond substituents is 1. The van der Waals surface area contributed by atoms with Gasteiger partial charge >= 0.3 is 0 Å². The topological polar surface area (TPSA) is 32.7 Å². The van der Waals surface area contributed by atoms with Crippen molar-refractivity contribution < 1.29 is 9.84 Å². The predicted octanol–water partition coefficient (Wildman–Crippen LogP) is 7.70. The van der Waals surface area contributed by atoms with Crippen LogP contribution >= 0.6 is 23.2 Å². The number of phenols is 1. The number of hydrogen-bond donors (Lipinski definition) is 1. The summed E-state index contributed by atoms with van der Waals surface area (Å²) in [5.74, 6) is 1.10. The van der Waals surface area contributed by atoms with E-state index in [4.69, 9.17) is 27.9 Å². The number of rotatable bonds is 11. The first-order chi connectivity index (χ1) is 14.5. The van der Waals surface area contributed by atoms with Gasteiger partial charge in [0.1, 0.15) is 11.5 Å². The standard InChI is InChI=1S/C15H23NO.C10H12Cl2O/c1-3-11-16(12-4-2)13-5-6-14-7-9-15(17)10-8-14;1-2-3-6-13-8-4-5-9(11)10(12)7-8/h5-10,17H,3-4,11-13H2,1-2H3;4-5,7H,2-3,6H2,1H3/b6-5+;. The van der Waals surface area contributed by atoms with Crippen LogP contribution in [0.2, 0.25) is 10.0 Å². The van der Waals surface area contributed by atoms with Crippen molar-refractivity contribution in [2.75, 3.05) is 26.2 Å². The first kappa shape index (κ1) is 26.4. The molecule has 0 saturated carbocycles. The molecular weight excluding hydrogens is 417 g/mol. The maximum absolute atomic E-state index is 9.18. The van der Waals surface area contributed by atoms with Crippen LogP contribution in [-0.2, 0) is 0 Å². The van der Waals surface area contributed by atoms with Gasteiger partial charge in [-0.15, -0.1) is 0 Å². The average molecular weight is 452 g/mol. The van der Waals surface area contributed by atoms with E-state index in [1.807, 2.05) is 18.2 Å². The second kappa shape index (κ2) is 16.1. The summed E-state index contributed by atoms with van der Waals surface area (Å²) < 4.78 is 5.44. The summed E-state index contributed by atoms with van der Waals surface area (Å²) in [6.45, 7) is 10.6. The van der Waals surface area contributed by atoms with Crippen LogP contribution in [0.1, 0.15) is 52.0 Å². The Hall–Kier alpha value is -1.68. The normalized spacial score (nSPS) is 10.9. The van der Waals surface area contributed by atoms with Crippen molar-refractivity contribution in [2.45, 2.75) is 46.5 Å². The number of nitrogens with zero attached hydrogens (tertiary/aromatic N) is 1. The zero-order valence-corrected chi connectivity index (χ0v) is 19.9. The van der Waals surface area contributed by atoms with Crippen molar-refractivity contribution in [3.05, 3.63) is 64.1 Å². The highest BCUT2D eigenvalue weighted by molar-refractivity contribution is 6.42. The number of unbranched alkanes of at least 4 members (excludes halogenated alkanes) is 1. The highest BCUT2D eigenvalue weighted by Crippen LogP contribution is 2.26. The van der Waals surface area contributed by atoms with E-state index in [0.29, 0.717) is 15.8 Å². The van der Waals surface area contributed by atoms with Gasteiger partial charge in [-0.05, 0) is 62.2 Å². The Morgan fingerprint density at radius 2 is 1.57 bits per heavy atom. The number of benzene rings is 2. The molecule has 0 bridgehead atoms. The Bertz CT molecular complexity index is 726. The van der Waals surface area contributed by atoms with Gasteiger partial charge in [0.25, 0.3) is 0 Å². The molecule has 3 nitrogen and oxygen atoms in total. The van der Waals surface area contributed by atoms with Gasteiger partial charge in [-0.1, -0.05) is 74.7 Å². The third-order valence-corrected chi connectivity index (χ3v) is 5.04. The molecule has 0 radical (unpaired) electrons. The molecule has 0 heterocycles. The molecular formula is C25H35Cl2NO2. The zero-order valence-electron chi connectivity index (χ0n) is 18.4. The Morgan fingerprint density at radius 3 is 2.13 bits per heavy atom. The quantitative estimate of drug-likeness (QED) is 0.355. The lowest BCUT2D eigenvalue weighted by Crippen LogP contribution is -2.25. The van der Waals surface area contributed by atoms with E-state index < -0.39 is 0 Å². The average Bonchev–Trinajstić information content (AvgIpc) is 2.73. The molecule has 0 aliphatic carbocycles. The fourth-order valence-electron chi connectivity index (χ4n) is 2.75. The van der Waals surface area contributed by atoms with Crippen LogP contribution in [0.5, 0.6) is 11.5 Å². The van der Waals surface area contributed by atoms with Gasteiger partial charge in [-0.2, -0.15) is 0 Å². The van der Waals surface area contributed by atoms with Crippen molar-refractivity contribution >= 4 is 29.3 Å². The molecule has 0 aromatic heterocycles. The predicted molar refractivity (Wildman–Crippen MR) is 131 cm³/mol. The van der Waals surface area contributed by atoms with Crippen LogP contribution < -0.4 is 4.74 Å². The van der Waals surface area contributed by atoms with Gasteiger partial charge in [0.15, 0.2) is 0 Å². The van der Waals surface area contributed by atoms with Gasteiger partial charge < -0.3 is 9.84 Å². The van der Waals surface area contributed by atoms with Crippen molar-refractivity contribution in [2.24, 2.45) is 0 Å². The summed E-state index contributed by atoms with van der Waals surface area (Å²) in [5, 5.41) is 10.3. The van der Waals surface area contributed by atoms with E-state index in [-0.39, 0.29) is 0 Å². The minimum absolute atomic E-state index is 0.320. The third-order valence-electron chi connectivity index (χ3n) is 4.30. The summed E-state index contributed by atoms with van der Waals surface area (Å²) in [6.07, 6.45) is 8.89. The number of hydrogen-bond acceptors (Lipinski definition) is 3. The molecule has 30 heavy (non-hydrogen) atoms. The molecule has 0 amide bonds. The molecule has 0 fully saturated rings. The number of aromatic hydroxyl groups is 1. The minimum Gasteiger partial charge on any atom is -0.508 e. The smallest absolute Gasteiger partial charge is 0.120 e. The molecule has 0 aliphatic rings. The van der Waals surface area contributed by atoms with Crippen molar-refractivity contribution in [3.63, 3.8) is 0 Å². The van der Waals surface area contributed by atoms with Crippen LogP contribution in [0.15, 0.2) is 48.5 Å². The van der Waals surface area contributed by atoms with Crippen LogP contribution in [-0.4, -0.2) is 36.2 Å². The van der Waals surface area contributed by atoms with Gasteiger partial charge in [0, 0.05) is 12.6 Å². The Kier molecular flexibility index (Phi) is 14.1. The molecule has 5 heteroatoms. The van der Waals surface area contributed by atoms with Crippen molar-refractivity contribution in [1.82, 2.24) is 4.90 Å². The van der Waals surface area contributed by atoms with E-state index >= 15 is 0 Å². The molecule has 1 N–H and O–H groups in total. The first-order valence-corrected chi connectivity index (χ1v) is 11.5. The minimum atomic E-state index is 0.320. The van der Waals surface area contributed by atoms with E-state index in [9.17, 15) is 5.11 Å². The lowest BCUT2D eigenvalue weighted by atomic mass is 10.2. The van der Waals surface area contributed by atoms with Crippen LogP contribution in [0.25, 0.3) is 6.08 Å². The van der Waals surface area contributed by atoms with E-state index in [1.165, 1.54) is 12.8 Å². The largest absolute Gasteiger partial charge is 0.508 e. The molecule has 0 saturated heterocycles. The first-order valence-electron chi connectivity index (χ1n) is 10.8. The second-order valence-electron chi connectivity index (χ2n) is 7.07. The van der Waals surface area contributed by atoms with Gasteiger partial charge in [-0.25, -0.2) is 0 Å². The molecule has 0 spiro atoms. The Balaban J connectivity index is 0.000000311. The maximum atomic E-state index is 9.18. The fourth-order valence-corrected chi connectivity index (χ4v) is 3.04. The van der Waals surface area contributed by atoms with Gasteiger partial charge in [0.05, 0.1) is 16.7 Å². The highest BCUT2D eigenvalue weighted by atomic mass is 35.5. The summed E-state index contributed by atoms with van der Waals surface area (Å²) >= 11 is 11.6. The maximum Gasteiger partial charge on any atom is 0.120 e. The van der Waals surface area contributed by atoms with Crippen molar-refractivity contribution in [3.8, 4) is 11.5 Å². The molecule has 2 aromatic carbocycles. The summed E-state index contributed by atoms with van der Waals surface area (Å²) in [7, 11) is 0. The Labute approximate surface area is 192 Å². The van der Waals surface area contributed by atoms with E-state index in [1.54, 1.807) is 24.3 Å². The van der Waals surface area contributed by atoms with Crippen LogP contribution in [0, 0.1) is 0 Å². The lowest BCUT2D eigenvalue weighted by molar-refractivity contribution is 0.304.